The summed E-state index contributed by atoms with van der Waals surface area (Å²) in [5, 5.41) is 0. The summed E-state index contributed by atoms with van der Waals surface area (Å²) in [6, 6.07) is 8.23. The molecule has 0 aromatic carbocycles. The first kappa shape index (κ1) is 14.5. The molecule has 20 heavy (non-hydrogen) atoms. The molecule has 0 aliphatic carbocycles. The van der Waals surface area contributed by atoms with E-state index >= 15 is 0 Å². The molecule has 0 fully saturated rings. The predicted octanol–water partition coefficient (Wildman–Crippen LogP) is 2.91. The highest BCUT2D eigenvalue weighted by molar-refractivity contribution is 5.45. The smallest absolute Gasteiger partial charge is 0.0572 e. The zero-order chi connectivity index (χ0) is 14.4. The molecule has 1 unspecified atom stereocenters. The normalized spacial score (nSPS) is 12.2. The van der Waals surface area contributed by atoms with Gasteiger partial charge in [0, 0.05) is 31.5 Å². The van der Waals surface area contributed by atoms with E-state index in [1.165, 1.54) is 5.56 Å². The lowest BCUT2D eigenvalue weighted by atomic mass is 10.1. The lowest BCUT2D eigenvalue weighted by molar-refractivity contribution is 0.674. The van der Waals surface area contributed by atoms with Gasteiger partial charge in [-0.15, -0.1) is 0 Å². The second kappa shape index (κ2) is 7.01. The van der Waals surface area contributed by atoms with Crippen molar-refractivity contribution in [1.82, 2.24) is 9.97 Å². The van der Waals surface area contributed by atoms with E-state index in [-0.39, 0.29) is 6.04 Å². The number of hydrogen-bond donors (Lipinski definition) is 1. The van der Waals surface area contributed by atoms with E-state index in [0.29, 0.717) is 0 Å². The zero-order valence-corrected chi connectivity index (χ0v) is 12.2. The van der Waals surface area contributed by atoms with E-state index < -0.39 is 0 Å². The van der Waals surface area contributed by atoms with Crippen molar-refractivity contribution < 1.29 is 0 Å². The number of nitrogens with zero attached hydrogens (tertiary/aromatic N) is 3. The highest BCUT2D eigenvalue weighted by atomic mass is 15.1. The molecule has 2 rings (SSSR count). The monoisotopic (exact) mass is 270 g/mol. The average molecular weight is 270 g/mol. The first-order valence-electron chi connectivity index (χ1n) is 7.10. The first-order valence-corrected chi connectivity index (χ1v) is 7.10. The van der Waals surface area contributed by atoms with Crippen LogP contribution in [0, 0.1) is 0 Å². The Hall–Kier alpha value is -1.94. The van der Waals surface area contributed by atoms with Crippen LogP contribution in [0.1, 0.15) is 37.6 Å². The summed E-state index contributed by atoms with van der Waals surface area (Å²) >= 11 is 0. The third-order valence-electron chi connectivity index (χ3n) is 3.46. The molecule has 2 N–H and O–H groups in total. The Bertz CT molecular complexity index is 510. The second-order valence-corrected chi connectivity index (χ2v) is 4.83. The second-order valence-electron chi connectivity index (χ2n) is 4.83. The summed E-state index contributed by atoms with van der Waals surface area (Å²) in [6.45, 7) is 6.01. The van der Waals surface area contributed by atoms with Gasteiger partial charge in [0.1, 0.15) is 0 Å². The van der Waals surface area contributed by atoms with E-state index in [1.54, 1.807) is 0 Å². The van der Waals surface area contributed by atoms with Gasteiger partial charge < -0.3 is 10.6 Å². The van der Waals surface area contributed by atoms with Crippen LogP contribution in [0.15, 0.2) is 42.9 Å². The molecule has 0 aliphatic rings. The summed E-state index contributed by atoms with van der Waals surface area (Å²) in [4.78, 5) is 10.8. The van der Waals surface area contributed by atoms with Crippen molar-refractivity contribution in [3.8, 4) is 0 Å². The van der Waals surface area contributed by atoms with E-state index in [9.17, 15) is 0 Å². The fraction of sp³-hybridized carbons (Fsp3) is 0.375. The summed E-state index contributed by atoms with van der Waals surface area (Å²) in [6.07, 6.45) is 6.46. The van der Waals surface area contributed by atoms with Gasteiger partial charge >= 0.3 is 0 Å². The van der Waals surface area contributed by atoms with Gasteiger partial charge in [-0.05, 0) is 43.2 Å². The van der Waals surface area contributed by atoms with Crippen LogP contribution in [-0.4, -0.2) is 16.5 Å². The Labute approximate surface area is 120 Å². The van der Waals surface area contributed by atoms with E-state index in [2.05, 4.69) is 34.8 Å². The summed E-state index contributed by atoms with van der Waals surface area (Å²) in [5.41, 5.74) is 9.32. The van der Waals surface area contributed by atoms with Gasteiger partial charge in [0.2, 0.25) is 0 Å². The summed E-state index contributed by atoms with van der Waals surface area (Å²) in [7, 11) is 0. The lowest BCUT2D eigenvalue weighted by Crippen LogP contribution is -2.22. The van der Waals surface area contributed by atoms with E-state index in [1.807, 2.05) is 36.8 Å². The highest BCUT2D eigenvalue weighted by Gasteiger charge is 2.08. The Balaban J connectivity index is 2.11. The Morgan fingerprint density at radius 2 is 1.90 bits per heavy atom. The largest absolute Gasteiger partial charge is 0.366 e. The van der Waals surface area contributed by atoms with Crippen LogP contribution in [0.4, 0.5) is 5.69 Å². The Kier molecular flexibility index (Phi) is 5.07. The van der Waals surface area contributed by atoms with Crippen LogP contribution < -0.4 is 10.6 Å². The van der Waals surface area contributed by atoms with Crippen LogP contribution in [0.5, 0.6) is 0 Å². The quantitative estimate of drug-likeness (QED) is 0.877. The minimum atomic E-state index is 0.0272. The van der Waals surface area contributed by atoms with E-state index in [0.717, 1.165) is 30.9 Å². The van der Waals surface area contributed by atoms with Crippen molar-refractivity contribution in [3.05, 3.63) is 54.1 Å². The molecule has 0 radical (unpaired) electrons. The van der Waals surface area contributed by atoms with Crippen LogP contribution >= 0.6 is 0 Å². The zero-order valence-electron chi connectivity index (χ0n) is 12.2. The third-order valence-corrected chi connectivity index (χ3v) is 3.46. The van der Waals surface area contributed by atoms with Gasteiger partial charge in [-0.1, -0.05) is 6.92 Å². The number of hydrogen-bond acceptors (Lipinski definition) is 4. The minimum Gasteiger partial charge on any atom is -0.366 e. The molecule has 2 aromatic rings. The maximum Gasteiger partial charge on any atom is 0.0572 e. The molecule has 0 amide bonds. The molecule has 0 aliphatic heterocycles. The lowest BCUT2D eigenvalue weighted by Gasteiger charge is -2.23. The number of nitrogens with two attached hydrogens (primary N) is 1. The van der Waals surface area contributed by atoms with Gasteiger partial charge in [0.05, 0.1) is 17.6 Å². The van der Waals surface area contributed by atoms with Crippen LogP contribution in [-0.2, 0) is 6.54 Å². The predicted molar refractivity (Wildman–Crippen MR) is 82.4 cm³/mol. The maximum absolute atomic E-state index is 5.99. The maximum atomic E-state index is 5.99. The third kappa shape index (κ3) is 3.54. The molecule has 0 spiro atoms. The molecule has 1 atom stereocenters. The van der Waals surface area contributed by atoms with Crippen LogP contribution in [0.25, 0.3) is 0 Å². The van der Waals surface area contributed by atoms with Crippen molar-refractivity contribution in [3.63, 3.8) is 0 Å². The number of rotatable bonds is 6. The molecular weight excluding hydrogens is 248 g/mol. The average Bonchev–Trinajstić information content (AvgIpc) is 2.53. The Morgan fingerprint density at radius 3 is 2.45 bits per heavy atom. The van der Waals surface area contributed by atoms with Crippen molar-refractivity contribution in [2.45, 2.75) is 32.9 Å². The summed E-state index contributed by atoms with van der Waals surface area (Å²) in [5.74, 6) is 0. The molecule has 4 heteroatoms. The van der Waals surface area contributed by atoms with Gasteiger partial charge in [-0.2, -0.15) is 0 Å². The van der Waals surface area contributed by atoms with E-state index in [4.69, 9.17) is 5.73 Å². The molecule has 0 bridgehead atoms. The van der Waals surface area contributed by atoms with Crippen molar-refractivity contribution in [1.29, 1.82) is 0 Å². The molecule has 0 saturated carbocycles. The van der Waals surface area contributed by atoms with Gasteiger partial charge in [-0.25, -0.2) is 0 Å². The number of pyridine rings is 2. The molecule has 2 heterocycles. The van der Waals surface area contributed by atoms with Crippen molar-refractivity contribution in [2.75, 3.05) is 11.4 Å². The van der Waals surface area contributed by atoms with Crippen LogP contribution in [0.3, 0.4) is 0 Å². The summed E-state index contributed by atoms with van der Waals surface area (Å²) < 4.78 is 0. The van der Waals surface area contributed by atoms with Gasteiger partial charge in [0.15, 0.2) is 0 Å². The standard InChI is InChI=1S/C16H22N4/c1-3-15(17)16-6-5-14(11-19-16)20(4-2)12-13-7-9-18-10-8-13/h5-11,15H,3-4,12,17H2,1-2H3. The van der Waals surface area contributed by atoms with Gasteiger partial charge in [-0.3, -0.25) is 9.97 Å². The highest BCUT2D eigenvalue weighted by Crippen LogP contribution is 2.18. The first-order chi connectivity index (χ1) is 9.74. The molecule has 106 valence electrons. The topological polar surface area (TPSA) is 55.0 Å². The van der Waals surface area contributed by atoms with Gasteiger partial charge in [0.25, 0.3) is 0 Å². The van der Waals surface area contributed by atoms with Crippen LogP contribution in [0.2, 0.25) is 0 Å². The SMILES string of the molecule is CCC(N)c1ccc(N(CC)Cc2ccncc2)cn1. The molecular formula is C16H22N4. The molecule has 4 nitrogen and oxygen atoms in total. The Morgan fingerprint density at radius 1 is 1.15 bits per heavy atom. The fourth-order valence-corrected chi connectivity index (χ4v) is 2.11. The number of aromatic nitrogens is 2. The van der Waals surface area contributed by atoms with Crippen molar-refractivity contribution >= 4 is 5.69 Å². The molecule has 2 aromatic heterocycles. The minimum absolute atomic E-state index is 0.0272. The molecule has 0 saturated heterocycles. The fourth-order valence-electron chi connectivity index (χ4n) is 2.11. The van der Waals surface area contributed by atoms with Crippen molar-refractivity contribution in [2.24, 2.45) is 5.73 Å². The number of anilines is 1.